The maximum absolute atomic E-state index is 13.6. The van der Waals surface area contributed by atoms with E-state index in [2.05, 4.69) is 10.3 Å². The average molecular weight is 295 g/mol. The molecule has 2 fully saturated rings. The molecule has 2 aliphatic rings. The van der Waals surface area contributed by atoms with Crippen molar-refractivity contribution in [3.8, 4) is 0 Å². The Hall–Kier alpha value is -1.04. The highest BCUT2D eigenvalue weighted by atomic mass is 19.2. The van der Waals surface area contributed by atoms with Crippen LogP contribution in [0.1, 0.15) is 50.1 Å². The van der Waals surface area contributed by atoms with Crippen molar-refractivity contribution >= 4 is 0 Å². The monoisotopic (exact) mass is 295 g/mol. The summed E-state index contributed by atoms with van der Waals surface area (Å²) in [4.78, 5) is 2.51. The topological polar surface area (TPSA) is 41.3 Å². The van der Waals surface area contributed by atoms with E-state index < -0.39 is 11.6 Å². The van der Waals surface area contributed by atoms with Crippen molar-refractivity contribution in [1.82, 2.24) is 10.3 Å². The number of hydrogen-bond donors (Lipinski definition) is 2. The third kappa shape index (κ3) is 2.58. The molecule has 0 aromatic heterocycles. The zero-order valence-electron chi connectivity index (χ0n) is 12.2. The Bertz CT molecular complexity index is 494. The van der Waals surface area contributed by atoms with E-state index in [4.69, 9.17) is 5.84 Å². The van der Waals surface area contributed by atoms with Crippen LogP contribution in [-0.4, -0.2) is 23.5 Å². The number of nitrogens with zero attached hydrogens (tertiary/aromatic N) is 1. The van der Waals surface area contributed by atoms with E-state index in [-0.39, 0.29) is 11.6 Å². The number of nitrogens with one attached hydrogen (secondary N) is 1. The van der Waals surface area contributed by atoms with Gasteiger partial charge in [-0.3, -0.25) is 16.2 Å². The highest BCUT2D eigenvalue weighted by molar-refractivity contribution is 5.26. The van der Waals surface area contributed by atoms with Crippen molar-refractivity contribution in [2.75, 3.05) is 13.1 Å². The van der Waals surface area contributed by atoms with Gasteiger partial charge < -0.3 is 0 Å². The van der Waals surface area contributed by atoms with E-state index in [0.29, 0.717) is 0 Å². The van der Waals surface area contributed by atoms with Gasteiger partial charge in [0.1, 0.15) is 0 Å². The number of hydrazine groups is 1. The predicted octanol–water partition coefficient (Wildman–Crippen LogP) is 2.88. The first-order valence-electron chi connectivity index (χ1n) is 7.83. The Labute approximate surface area is 124 Å². The quantitative estimate of drug-likeness (QED) is 0.663. The van der Waals surface area contributed by atoms with Gasteiger partial charge >= 0.3 is 0 Å². The summed E-state index contributed by atoms with van der Waals surface area (Å²) in [6.45, 7) is 2.14. The molecule has 1 aliphatic heterocycles. The predicted molar refractivity (Wildman–Crippen MR) is 78.4 cm³/mol. The number of nitrogens with two attached hydrogens (primary N) is 1. The van der Waals surface area contributed by atoms with Crippen LogP contribution in [-0.2, 0) is 0 Å². The van der Waals surface area contributed by atoms with E-state index in [9.17, 15) is 8.78 Å². The largest absolute Gasteiger partial charge is 0.296 e. The normalized spacial score (nSPS) is 23.6. The van der Waals surface area contributed by atoms with Gasteiger partial charge in [0.05, 0.1) is 6.04 Å². The number of benzene rings is 1. The maximum Gasteiger partial charge on any atom is 0.159 e. The molecule has 21 heavy (non-hydrogen) atoms. The van der Waals surface area contributed by atoms with Crippen LogP contribution in [0.2, 0.25) is 0 Å². The van der Waals surface area contributed by atoms with Gasteiger partial charge in [0.2, 0.25) is 0 Å². The van der Waals surface area contributed by atoms with Gasteiger partial charge in [0, 0.05) is 5.54 Å². The van der Waals surface area contributed by atoms with Gasteiger partial charge in [-0.1, -0.05) is 18.9 Å². The van der Waals surface area contributed by atoms with Crippen LogP contribution in [0, 0.1) is 11.6 Å². The Morgan fingerprint density at radius 3 is 2.29 bits per heavy atom. The summed E-state index contributed by atoms with van der Waals surface area (Å²) in [6, 6.07) is 3.98. The summed E-state index contributed by atoms with van der Waals surface area (Å²) in [7, 11) is 0. The summed E-state index contributed by atoms with van der Waals surface area (Å²) in [5, 5.41) is 0. The minimum atomic E-state index is -0.809. The first kappa shape index (κ1) is 14.9. The summed E-state index contributed by atoms with van der Waals surface area (Å²) in [5.74, 6) is 4.22. The maximum atomic E-state index is 13.6. The molecule has 0 bridgehead atoms. The standard InChI is InChI=1S/C16H23F2N3/c17-13-6-5-12(11-14(13)18)15(20-19)16(7-1-2-8-16)21-9-3-4-10-21/h5-6,11,15,20H,1-4,7-10,19H2. The molecule has 5 heteroatoms. The zero-order chi connectivity index (χ0) is 14.9. The van der Waals surface area contributed by atoms with Crippen LogP contribution in [0.3, 0.4) is 0 Å². The van der Waals surface area contributed by atoms with Crippen molar-refractivity contribution in [2.24, 2.45) is 5.84 Å². The van der Waals surface area contributed by atoms with E-state index in [1.54, 1.807) is 6.07 Å². The van der Waals surface area contributed by atoms with Crippen LogP contribution < -0.4 is 11.3 Å². The third-order valence-corrected chi connectivity index (χ3v) is 5.19. The third-order valence-electron chi connectivity index (χ3n) is 5.19. The van der Waals surface area contributed by atoms with E-state index in [1.807, 2.05) is 0 Å². The van der Waals surface area contributed by atoms with Crippen molar-refractivity contribution in [2.45, 2.75) is 50.1 Å². The second kappa shape index (κ2) is 5.99. The molecular weight excluding hydrogens is 272 g/mol. The molecular formula is C16H23F2N3. The molecule has 0 amide bonds. The van der Waals surface area contributed by atoms with Crippen molar-refractivity contribution in [3.63, 3.8) is 0 Å². The van der Waals surface area contributed by atoms with Gasteiger partial charge in [-0.2, -0.15) is 0 Å². The Kier molecular flexibility index (Phi) is 4.24. The van der Waals surface area contributed by atoms with E-state index in [0.717, 1.165) is 31.5 Å². The second-order valence-electron chi connectivity index (χ2n) is 6.28. The molecule has 116 valence electrons. The summed E-state index contributed by atoms with van der Waals surface area (Å²) >= 11 is 0. The second-order valence-corrected chi connectivity index (χ2v) is 6.28. The highest BCUT2D eigenvalue weighted by Crippen LogP contribution is 2.45. The number of rotatable bonds is 4. The fourth-order valence-corrected chi connectivity index (χ4v) is 4.19. The fraction of sp³-hybridized carbons (Fsp3) is 0.625. The lowest BCUT2D eigenvalue weighted by molar-refractivity contribution is 0.0763. The molecule has 3 rings (SSSR count). The number of hydrogen-bond acceptors (Lipinski definition) is 3. The number of halogens is 2. The molecule has 3 nitrogen and oxygen atoms in total. The molecule has 1 unspecified atom stereocenters. The van der Waals surface area contributed by atoms with Gasteiger partial charge in [-0.15, -0.1) is 0 Å². The van der Waals surface area contributed by atoms with Crippen LogP contribution in [0.25, 0.3) is 0 Å². The minimum absolute atomic E-state index is 0.0600. The van der Waals surface area contributed by atoms with Crippen LogP contribution >= 0.6 is 0 Å². The molecule has 1 aromatic rings. The van der Waals surface area contributed by atoms with Gasteiger partial charge in [0.25, 0.3) is 0 Å². The lowest BCUT2D eigenvalue weighted by Crippen LogP contribution is -2.55. The van der Waals surface area contributed by atoms with Crippen molar-refractivity contribution in [3.05, 3.63) is 35.4 Å². The lowest BCUT2D eigenvalue weighted by Gasteiger charge is -2.45. The summed E-state index contributed by atoms with van der Waals surface area (Å²) in [5.41, 5.74) is 3.57. The number of likely N-dealkylation sites (tertiary alicyclic amines) is 1. The van der Waals surface area contributed by atoms with Gasteiger partial charge in [0.15, 0.2) is 11.6 Å². The Balaban J connectivity index is 1.96. The van der Waals surface area contributed by atoms with Crippen LogP contribution in [0.5, 0.6) is 0 Å². The van der Waals surface area contributed by atoms with Crippen molar-refractivity contribution in [1.29, 1.82) is 0 Å². The Morgan fingerprint density at radius 2 is 1.71 bits per heavy atom. The molecule has 3 N–H and O–H groups in total. The molecule has 0 radical (unpaired) electrons. The zero-order valence-corrected chi connectivity index (χ0v) is 12.2. The fourth-order valence-electron chi connectivity index (χ4n) is 4.19. The molecule has 1 aliphatic carbocycles. The van der Waals surface area contributed by atoms with Crippen LogP contribution in [0.15, 0.2) is 18.2 Å². The minimum Gasteiger partial charge on any atom is -0.296 e. The lowest BCUT2D eigenvalue weighted by atomic mass is 9.82. The van der Waals surface area contributed by atoms with E-state index in [1.165, 1.54) is 37.8 Å². The van der Waals surface area contributed by atoms with Gasteiger partial charge in [-0.05, 0) is 56.5 Å². The molecule has 1 aromatic carbocycles. The first-order valence-corrected chi connectivity index (χ1v) is 7.83. The molecule has 1 saturated carbocycles. The van der Waals surface area contributed by atoms with E-state index >= 15 is 0 Å². The molecule has 1 atom stereocenters. The highest BCUT2D eigenvalue weighted by Gasteiger charge is 2.47. The van der Waals surface area contributed by atoms with Crippen LogP contribution in [0.4, 0.5) is 8.78 Å². The molecule has 1 saturated heterocycles. The SMILES string of the molecule is NNC(c1ccc(F)c(F)c1)C1(N2CCCC2)CCCC1. The van der Waals surface area contributed by atoms with Gasteiger partial charge in [-0.25, -0.2) is 8.78 Å². The molecule has 1 heterocycles. The smallest absolute Gasteiger partial charge is 0.159 e. The average Bonchev–Trinajstić information content (AvgIpc) is 3.15. The summed E-state index contributed by atoms with van der Waals surface area (Å²) in [6.07, 6.45) is 6.85. The Morgan fingerprint density at radius 1 is 1.05 bits per heavy atom. The summed E-state index contributed by atoms with van der Waals surface area (Å²) < 4.78 is 26.8. The van der Waals surface area contributed by atoms with Crippen molar-refractivity contribution < 1.29 is 8.78 Å². The molecule has 0 spiro atoms. The first-order chi connectivity index (χ1) is 10.2.